The van der Waals surface area contributed by atoms with Gasteiger partial charge in [0.25, 0.3) is 0 Å². The van der Waals surface area contributed by atoms with Crippen LogP contribution in [0, 0.1) is 0 Å². The summed E-state index contributed by atoms with van der Waals surface area (Å²) in [4.78, 5) is 0. The van der Waals surface area contributed by atoms with Crippen LogP contribution in [-0.2, 0) is 4.74 Å². The molecular formula is C18H23NO2. The molecule has 0 radical (unpaired) electrons. The summed E-state index contributed by atoms with van der Waals surface area (Å²) in [5.41, 5.74) is 0.653. The van der Waals surface area contributed by atoms with Crippen molar-refractivity contribution in [2.75, 3.05) is 19.8 Å². The van der Waals surface area contributed by atoms with E-state index >= 15 is 0 Å². The summed E-state index contributed by atoms with van der Waals surface area (Å²) in [5, 5.41) is 16.6. The summed E-state index contributed by atoms with van der Waals surface area (Å²) in [7, 11) is 0. The van der Waals surface area contributed by atoms with Crippen LogP contribution in [0.25, 0.3) is 10.8 Å². The van der Waals surface area contributed by atoms with Gasteiger partial charge in [0.15, 0.2) is 0 Å². The highest BCUT2D eigenvalue weighted by molar-refractivity contribution is 5.86. The van der Waals surface area contributed by atoms with E-state index in [4.69, 9.17) is 4.74 Å². The molecule has 3 heteroatoms. The quantitative estimate of drug-likeness (QED) is 0.907. The Kier molecular flexibility index (Phi) is 4.24. The lowest BCUT2D eigenvalue weighted by Gasteiger charge is -2.33. The highest BCUT2D eigenvalue weighted by atomic mass is 16.5. The zero-order valence-electron chi connectivity index (χ0n) is 12.5. The van der Waals surface area contributed by atoms with Crippen LogP contribution in [0.5, 0.6) is 0 Å². The van der Waals surface area contributed by atoms with Crippen molar-refractivity contribution in [3.63, 3.8) is 0 Å². The van der Waals surface area contributed by atoms with Crippen LogP contribution in [0.3, 0.4) is 0 Å². The first-order valence-corrected chi connectivity index (χ1v) is 7.69. The average molecular weight is 285 g/mol. The molecule has 1 fully saturated rings. The second kappa shape index (κ2) is 6.14. The van der Waals surface area contributed by atoms with Gasteiger partial charge in [-0.05, 0) is 23.3 Å². The molecule has 3 nitrogen and oxygen atoms in total. The Morgan fingerprint density at radius 3 is 2.67 bits per heavy atom. The molecule has 2 N–H and O–H groups in total. The summed E-state index contributed by atoms with van der Waals surface area (Å²) in [6.45, 7) is 4.08. The third-order valence-electron chi connectivity index (χ3n) is 4.45. The van der Waals surface area contributed by atoms with Gasteiger partial charge in [0, 0.05) is 38.6 Å². The maximum absolute atomic E-state index is 10.5. The number of nitrogens with one attached hydrogen (secondary N) is 1. The van der Waals surface area contributed by atoms with Gasteiger partial charge in [-0.3, -0.25) is 0 Å². The van der Waals surface area contributed by atoms with E-state index in [0.29, 0.717) is 32.6 Å². The van der Waals surface area contributed by atoms with Gasteiger partial charge >= 0.3 is 0 Å². The van der Waals surface area contributed by atoms with E-state index < -0.39 is 5.60 Å². The standard InChI is InChI=1S/C18H23NO2/c1-14(19-13-18(20)9-11-21-12-10-18)16-8-4-6-15-5-2-3-7-17(15)16/h2-8,14,19-20H,9-13H2,1H3. The molecule has 0 aromatic heterocycles. The Hall–Kier alpha value is -1.42. The molecule has 1 aliphatic rings. The second-order valence-electron chi connectivity index (χ2n) is 6.01. The predicted octanol–water partition coefficient (Wildman–Crippen LogP) is 3.03. The Morgan fingerprint density at radius 1 is 1.14 bits per heavy atom. The van der Waals surface area contributed by atoms with Crippen LogP contribution in [0.15, 0.2) is 42.5 Å². The molecule has 2 aromatic carbocycles. The fourth-order valence-electron chi connectivity index (χ4n) is 3.01. The Bertz CT molecular complexity index is 600. The topological polar surface area (TPSA) is 41.5 Å². The zero-order chi connectivity index (χ0) is 14.7. The molecule has 0 spiro atoms. The molecule has 0 saturated carbocycles. The molecular weight excluding hydrogens is 262 g/mol. The third kappa shape index (κ3) is 3.26. The van der Waals surface area contributed by atoms with Crippen molar-refractivity contribution in [2.45, 2.75) is 31.4 Å². The number of hydrogen-bond donors (Lipinski definition) is 2. The molecule has 1 heterocycles. The van der Waals surface area contributed by atoms with Crippen LogP contribution < -0.4 is 5.32 Å². The number of rotatable bonds is 4. The first-order valence-electron chi connectivity index (χ1n) is 7.69. The molecule has 21 heavy (non-hydrogen) atoms. The average Bonchev–Trinajstić information content (AvgIpc) is 2.53. The largest absolute Gasteiger partial charge is 0.388 e. The molecule has 0 aliphatic carbocycles. The van der Waals surface area contributed by atoms with Gasteiger partial charge in [0.1, 0.15) is 0 Å². The second-order valence-corrected chi connectivity index (χ2v) is 6.01. The minimum Gasteiger partial charge on any atom is -0.388 e. The molecule has 0 bridgehead atoms. The van der Waals surface area contributed by atoms with E-state index in [1.807, 2.05) is 0 Å². The Morgan fingerprint density at radius 2 is 1.86 bits per heavy atom. The van der Waals surface area contributed by atoms with E-state index in [2.05, 4.69) is 54.7 Å². The number of benzene rings is 2. The minimum atomic E-state index is -0.628. The predicted molar refractivity (Wildman–Crippen MR) is 85.4 cm³/mol. The minimum absolute atomic E-state index is 0.211. The molecule has 3 rings (SSSR count). The summed E-state index contributed by atoms with van der Waals surface area (Å²) in [6.07, 6.45) is 1.42. The normalized spacial score (nSPS) is 19.5. The third-order valence-corrected chi connectivity index (χ3v) is 4.45. The first-order chi connectivity index (χ1) is 10.2. The van der Waals surface area contributed by atoms with Crippen molar-refractivity contribution in [1.29, 1.82) is 0 Å². The fourth-order valence-corrected chi connectivity index (χ4v) is 3.01. The lowest BCUT2D eigenvalue weighted by Crippen LogP contribution is -2.45. The van der Waals surface area contributed by atoms with Gasteiger partial charge in [-0.15, -0.1) is 0 Å². The van der Waals surface area contributed by atoms with Crippen LogP contribution in [0.1, 0.15) is 31.4 Å². The fraction of sp³-hybridized carbons (Fsp3) is 0.444. The van der Waals surface area contributed by atoms with Crippen molar-refractivity contribution >= 4 is 10.8 Å². The van der Waals surface area contributed by atoms with Gasteiger partial charge in [-0.2, -0.15) is 0 Å². The zero-order valence-corrected chi connectivity index (χ0v) is 12.5. The number of hydrogen-bond acceptors (Lipinski definition) is 3. The molecule has 1 unspecified atom stereocenters. The molecule has 0 amide bonds. The Balaban J connectivity index is 1.73. The van der Waals surface area contributed by atoms with Crippen LogP contribution in [0.4, 0.5) is 0 Å². The summed E-state index contributed by atoms with van der Waals surface area (Å²) in [5.74, 6) is 0. The first kappa shape index (κ1) is 14.5. The maximum atomic E-state index is 10.5. The summed E-state index contributed by atoms with van der Waals surface area (Å²) in [6, 6.07) is 15.0. The molecule has 2 aromatic rings. The van der Waals surface area contributed by atoms with E-state index in [1.54, 1.807) is 0 Å². The molecule has 112 valence electrons. The van der Waals surface area contributed by atoms with Crippen LogP contribution in [-0.4, -0.2) is 30.5 Å². The van der Waals surface area contributed by atoms with Crippen molar-refractivity contribution in [1.82, 2.24) is 5.32 Å². The van der Waals surface area contributed by atoms with Crippen molar-refractivity contribution in [3.05, 3.63) is 48.0 Å². The smallest absolute Gasteiger partial charge is 0.0815 e. The van der Waals surface area contributed by atoms with Gasteiger partial charge in [-0.1, -0.05) is 42.5 Å². The number of ether oxygens (including phenoxy) is 1. The van der Waals surface area contributed by atoms with Crippen molar-refractivity contribution in [3.8, 4) is 0 Å². The molecule has 1 saturated heterocycles. The highest BCUT2D eigenvalue weighted by Gasteiger charge is 2.29. The molecule has 1 aliphatic heterocycles. The van der Waals surface area contributed by atoms with E-state index in [-0.39, 0.29) is 6.04 Å². The maximum Gasteiger partial charge on any atom is 0.0815 e. The van der Waals surface area contributed by atoms with Gasteiger partial charge in [0.05, 0.1) is 5.60 Å². The van der Waals surface area contributed by atoms with Crippen molar-refractivity contribution in [2.24, 2.45) is 0 Å². The monoisotopic (exact) mass is 285 g/mol. The van der Waals surface area contributed by atoms with E-state index in [0.717, 1.165) is 0 Å². The lowest BCUT2D eigenvalue weighted by molar-refractivity contribution is -0.0626. The summed E-state index contributed by atoms with van der Waals surface area (Å²) >= 11 is 0. The lowest BCUT2D eigenvalue weighted by atomic mass is 9.93. The number of fused-ring (bicyclic) bond motifs is 1. The van der Waals surface area contributed by atoms with Crippen LogP contribution >= 0.6 is 0 Å². The number of aliphatic hydroxyl groups is 1. The molecule has 1 atom stereocenters. The van der Waals surface area contributed by atoms with Gasteiger partial charge in [-0.25, -0.2) is 0 Å². The Labute approximate surface area is 125 Å². The SMILES string of the molecule is CC(NCC1(O)CCOCC1)c1cccc2ccccc12. The van der Waals surface area contributed by atoms with Crippen molar-refractivity contribution < 1.29 is 9.84 Å². The van der Waals surface area contributed by atoms with E-state index in [9.17, 15) is 5.11 Å². The summed E-state index contributed by atoms with van der Waals surface area (Å²) < 4.78 is 5.33. The van der Waals surface area contributed by atoms with Crippen LogP contribution in [0.2, 0.25) is 0 Å². The van der Waals surface area contributed by atoms with Gasteiger partial charge in [0.2, 0.25) is 0 Å². The van der Waals surface area contributed by atoms with E-state index in [1.165, 1.54) is 16.3 Å². The van der Waals surface area contributed by atoms with Gasteiger partial charge < -0.3 is 15.2 Å². The highest BCUT2D eigenvalue weighted by Crippen LogP contribution is 2.25.